The van der Waals surface area contributed by atoms with Gasteiger partial charge in [0.05, 0.1) is 6.04 Å². The summed E-state index contributed by atoms with van der Waals surface area (Å²) >= 11 is 2.10. The molecule has 0 aromatic carbocycles. The van der Waals surface area contributed by atoms with Crippen molar-refractivity contribution in [2.24, 2.45) is 5.92 Å². The third-order valence-corrected chi connectivity index (χ3v) is 3.43. The number of fused-ring (bicyclic) bond motifs is 2. The van der Waals surface area contributed by atoms with Gasteiger partial charge in [0.15, 0.2) is 0 Å². The van der Waals surface area contributed by atoms with Crippen molar-refractivity contribution in [3.05, 3.63) is 3.83 Å². The normalized spacial score (nSPS) is 37.2. The summed E-state index contributed by atoms with van der Waals surface area (Å²) in [6.45, 7) is 3.59. The van der Waals surface area contributed by atoms with Crippen LogP contribution in [0.4, 0.5) is 0 Å². The lowest BCUT2D eigenvalue weighted by Crippen LogP contribution is -2.27. The van der Waals surface area contributed by atoms with Gasteiger partial charge in [-0.2, -0.15) is 4.80 Å². The molecule has 2 fully saturated rings. The monoisotopic (exact) mass is 291 g/mol. The van der Waals surface area contributed by atoms with Crippen LogP contribution >= 0.6 is 22.6 Å². The smallest absolute Gasteiger partial charge is 0.234 e. The fourth-order valence-corrected chi connectivity index (χ4v) is 2.68. The molecule has 3 rings (SSSR count). The first kappa shape index (κ1) is 8.10. The van der Waals surface area contributed by atoms with E-state index in [0.29, 0.717) is 6.04 Å². The van der Waals surface area contributed by atoms with E-state index >= 15 is 0 Å². The molecule has 0 N–H and O–H groups in total. The minimum Gasteiger partial charge on any atom is -0.301 e. The summed E-state index contributed by atoms with van der Waals surface area (Å²) in [5, 5.41) is 12.2. The summed E-state index contributed by atoms with van der Waals surface area (Å²) in [5.41, 5.74) is 0. The van der Waals surface area contributed by atoms with Gasteiger partial charge in [0.25, 0.3) is 0 Å². The molecule has 0 aliphatic carbocycles. The Bertz CT molecular complexity index is 324. The minimum absolute atomic E-state index is 0.477. The molecule has 3 atom stereocenters. The van der Waals surface area contributed by atoms with Crippen LogP contribution in [0.15, 0.2) is 0 Å². The van der Waals surface area contributed by atoms with Gasteiger partial charge in [-0.05, 0) is 24.1 Å². The standard InChI is InChI=1S/C7H10IN5/c8-7-9-11-13(10-7)6-4-12-2-1-5(6)3-12/h5-6H,1-4H2/t5-,6+/m0/s1. The maximum absolute atomic E-state index is 4.27. The maximum atomic E-state index is 4.27. The first-order valence-corrected chi connectivity index (χ1v) is 5.58. The molecule has 2 aliphatic heterocycles. The first-order valence-electron chi connectivity index (χ1n) is 4.50. The van der Waals surface area contributed by atoms with Crippen molar-refractivity contribution in [3.63, 3.8) is 0 Å². The molecule has 0 radical (unpaired) electrons. The quantitative estimate of drug-likeness (QED) is 0.691. The number of rotatable bonds is 1. The summed E-state index contributed by atoms with van der Waals surface area (Å²) in [4.78, 5) is 4.27. The van der Waals surface area contributed by atoms with Crippen molar-refractivity contribution in [1.82, 2.24) is 25.1 Å². The van der Waals surface area contributed by atoms with Crippen LogP contribution in [0.3, 0.4) is 0 Å². The predicted octanol–water partition coefficient (Wildman–Crippen LogP) is 0.154. The van der Waals surface area contributed by atoms with Crippen molar-refractivity contribution < 1.29 is 0 Å². The van der Waals surface area contributed by atoms with Crippen LogP contribution in [-0.4, -0.2) is 44.7 Å². The fraction of sp³-hybridized carbons (Fsp3) is 0.857. The largest absolute Gasteiger partial charge is 0.301 e. The molecule has 5 nitrogen and oxygen atoms in total. The number of hydrogen-bond acceptors (Lipinski definition) is 4. The van der Waals surface area contributed by atoms with E-state index in [2.05, 4.69) is 42.9 Å². The summed E-state index contributed by atoms with van der Waals surface area (Å²) in [6, 6.07) is 0.477. The van der Waals surface area contributed by atoms with E-state index in [0.717, 1.165) is 16.3 Å². The summed E-state index contributed by atoms with van der Waals surface area (Å²) in [6.07, 6.45) is 1.29. The zero-order chi connectivity index (χ0) is 8.84. The van der Waals surface area contributed by atoms with Gasteiger partial charge in [0.2, 0.25) is 3.83 Å². The average Bonchev–Trinajstić information content (AvgIpc) is 2.77. The Kier molecular flexibility index (Phi) is 1.79. The molecule has 1 unspecified atom stereocenters. The highest BCUT2D eigenvalue weighted by atomic mass is 127. The molecule has 6 heteroatoms. The predicted molar refractivity (Wildman–Crippen MR) is 54.1 cm³/mol. The van der Waals surface area contributed by atoms with Crippen molar-refractivity contribution in [2.45, 2.75) is 12.5 Å². The molecule has 2 bridgehead atoms. The number of piperidine rings is 1. The molecule has 0 saturated carbocycles. The first-order chi connectivity index (χ1) is 6.33. The highest BCUT2D eigenvalue weighted by molar-refractivity contribution is 14.1. The van der Waals surface area contributed by atoms with E-state index in [1.54, 1.807) is 4.80 Å². The third kappa shape index (κ3) is 1.26. The lowest BCUT2D eigenvalue weighted by molar-refractivity contribution is 0.263. The van der Waals surface area contributed by atoms with E-state index in [4.69, 9.17) is 0 Å². The maximum Gasteiger partial charge on any atom is 0.234 e. The Balaban J connectivity index is 1.87. The Morgan fingerprint density at radius 2 is 2.31 bits per heavy atom. The van der Waals surface area contributed by atoms with Gasteiger partial charge in [-0.15, -0.1) is 10.2 Å². The second kappa shape index (κ2) is 2.88. The number of halogens is 1. The SMILES string of the molecule is Ic1nnn([C@@H]2CN3CC[C@H]2C3)n1. The number of tetrazole rings is 1. The van der Waals surface area contributed by atoms with Crippen LogP contribution in [0, 0.1) is 9.75 Å². The van der Waals surface area contributed by atoms with Crippen molar-refractivity contribution >= 4 is 22.6 Å². The molecule has 13 heavy (non-hydrogen) atoms. The van der Waals surface area contributed by atoms with Crippen LogP contribution in [0.2, 0.25) is 0 Å². The number of aromatic nitrogens is 4. The van der Waals surface area contributed by atoms with Crippen LogP contribution in [0.5, 0.6) is 0 Å². The van der Waals surface area contributed by atoms with Crippen molar-refractivity contribution in [3.8, 4) is 0 Å². The number of nitrogens with zero attached hydrogens (tertiary/aromatic N) is 5. The molecule has 3 heterocycles. The number of hydrogen-bond donors (Lipinski definition) is 0. The van der Waals surface area contributed by atoms with Gasteiger partial charge in [0.1, 0.15) is 0 Å². The third-order valence-electron chi connectivity index (χ3n) is 3.00. The zero-order valence-corrected chi connectivity index (χ0v) is 9.25. The van der Waals surface area contributed by atoms with Gasteiger partial charge in [-0.3, -0.25) is 0 Å². The Morgan fingerprint density at radius 3 is 2.85 bits per heavy atom. The fourth-order valence-electron chi connectivity index (χ4n) is 2.37. The van der Waals surface area contributed by atoms with Gasteiger partial charge < -0.3 is 4.90 Å². The van der Waals surface area contributed by atoms with Crippen molar-refractivity contribution in [1.29, 1.82) is 0 Å². The van der Waals surface area contributed by atoms with E-state index in [9.17, 15) is 0 Å². The second-order valence-corrected chi connectivity index (χ2v) is 4.72. The highest BCUT2D eigenvalue weighted by Gasteiger charge is 2.40. The summed E-state index contributed by atoms with van der Waals surface area (Å²) in [5.74, 6) is 0.755. The highest BCUT2D eigenvalue weighted by Crippen LogP contribution is 2.35. The molecule has 2 aliphatic rings. The summed E-state index contributed by atoms with van der Waals surface area (Å²) in [7, 11) is 0. The second-order valence-electron chi connectivity index (χ2n) is 3.75. The van der Waals surface area contributed by atoms with E-state index in [1.807, 2.05) is 0 Å². The zero-order valence-electron chi connectivity index (χ0n) is 7.10. The topological polar surface area (TPSA) is 46.8 Å². The molecule has 0 amide bonds. The van der Waals surface area contributed by atoms with Crippen LogP contribution in [0.1, 0.15) is 12.5 Å². The summed E-state index contributed by atoms with van der Waals surface area (Å²) < 4.78 is 0.746. The Morgan fingerprint density at radius 1 is 1.38 bits per heavy atom. The van der Waals surface area contributed by atoms with E-state index < -0.39 is 0 Å². The Labute approximate surface area is 89.6 Å². The van der Waals surface area contributed by atoms with E-state index in [1.165, 1.54) is 19.5 Å². The molecule has 70 valence electrons. The average molecular weight is 291 g/mol. The van der Waals surface area contributed by atoms with Crippen LogP contribution in [-0.2, 0) is 0 Å². The Hall–Kier alpha value is -0.240. The molecule has 0 spiro atoms. The van der Waals surface area contributed by atoms with E-state index in [-0.39, 0.29) is 0 Å². The molecule has 2 saturated heterocycles. The molecular weight excluding hydrogens is 281 g/mol. The van der Waals surface area contributed by atoms with Crippen LogP contribution in [0.25, 0.3) is 0 Å². The van der Waals surface area contributed by atoms with Gasteiger partial charge in [0, 0.05) is 35.7 Å². The lowest BCUT2D eigenvalue weighted by Gasteiger charge is -2.20. The molecule has 1 aromatic rings. The lowest BCUT2D eigenvalue weighted by atomic mass is 10.0. The van der Waals surface area contributed by atoms with Crippen molar-refractivity contribution in [2.75, 3.05) is 19.6 Å². The van der Waals surface area contributed by atoms with Gasteiger partial charge >= 0.3 is 0 Å². The van der Waals surface area contributed by atoms with Gasteiger partial charge in [-0.1, -0.05) is 0 Å². The molecule has 1 aromatic heterocycles. The minimum atomic E-state index is 0.477. The molecular formula is C7H10IN5. The van der Waals surface area contributed by atoms with Crippen LogP contribution < -0.4 is 0 Å². The van der Waals surface area contributed by atoms with Gasteiger partial charge in [-0.25, -0.2) is 0 Å².